The minimum Gasteiger partial charge on any atom is -0.508 e. The van der Waals surface area contributed by atoms with Crippen LogP contribution in [0, 0.1) is 6.92 Å². The summed E-state index contributed by atoms with van der Waals surface area (Å²) >= 11 is 0. The fourth-order valence-corrected chi connectivity index (χ4v) is 1.64. The predicted octanol–water partition coefficient (Wildman–Crippen LogP) is 1.91. The van der Waals surface area contributed by atoms with Crippen molar-refractivity contribution in [3.05, 3.63) is 29.3 Å². The van der Waals surface area contributed by atoms with Crippen LogP contribution in [0.3, 0.4) is 0 Å². The molecule has 0 heterocycles. The second-order valence-corrected chi connectivity index (χ2v) is 4.54. The number of aromatic hydroxyl groups is 1. The summed E-state index contributed by atoms with van der Waals surface area (Å²) in [6.45, 7) is 6.03. The Morgan fingerprint density at radius 3 is 2.69 bits per heavy atom. The van der Waals surface area contributed by atoms with Crippen molar-refractivity contribution in [2.24, 2.45) is 0 Å². The molecule has 1 aromatic carbocycles. The van der Waals surface area contributed by atoms with Gasteiger partial charge in [0.1, 0.15) is 5.75 Å². The molecular formula is C13H22N2O. The molecule has 0 spiro atoms. The topological polar surface area (TPSA) is 35.5 Å². The lowest BCUT2D eigenvalue weighted by Gasteiger charge is -2.17. The average molecular weight is 222 g/mol. The molecule has 0 fully saturated rings. The third kappa shape index (κ3) is 3.83. The molecule has 0 bridgehead atoms. The minimum absolute atomic E-state index is 0.180. The van der Waals surface area contributed by atoms with Crippen LogP contribution in [-0.2, 0) is 0 Å². The summed E-state index contributed by atoms with van der Waals surface area (Å²) in [6, 6.07) is 5.89. The molecule has 1 rings (SSSR count). The molecule has 3 nitrogen and oxygen atoms in total. The Morgan fingerprint density at radius 2 is 2.06 bits per heavy atom. The Balaban J connectivity index is 2.58. The standard InChI is InChI=1S/C13H22N2O/c1-10-5-6-13(16)12(9-10)11(2)14-7-8-15(3)4/h5-6,9,11,14,16H,7-8H2,1-4H3. The van der Waals surface area contributed by atoms with Crippen LogP contribution in [0.2, 0.25) is 0 Å². The van der Waals surface area contributed by atoms with Crippen LogP contribution < -0.4 is 5.32 Å². The van der Waals surface area contributed by atoms with Crippen LogP contribution in [0.25, 0.3) is 0 Å². The first-order valence-corrected chi connectivity index (χ1v) is 5.68. The maximum Gasteiger partial charge on any atom is 0.120 e. The van der Waals surface area contributed by atoms with Gasteiger partial charge in [0, 0.05) is 24.7 Å². The molecule has 1 aromatic rings. The summed E-state index contributed by atoms with van der Waals surface area (Å²) in [4.78, 5) is 2.13. The van der Waals surface area contributed by atoms with E-state index in [1.54, 1.807) is 6.07 Å². The Kier molecular flexibility index (Phi) is 4.77. The lowest BCUT2D eigenvalue weighted by molar-refractivity contribution is 0.385. The number of benzene rings is 1. The summed E-state index contributed by atoms with van der Waals surface area (Å²) in [7, 11) is 4.10. The minimum atomic E-state index is 0.180. The van der Waals surface area contributed by atoms with Crippen molar-refractivity contribution < 1.29 is 5.11 Å². The zero-order chi connectivity index (χ0) is 12.1. The van der Waals surface area contributed by atoms with Crippen molar-refractivity contribution in [3.63, 3.8) is 0 Å². The second-order valence-electron chi connectivity index (χ2n) is 4.54. The van der Waals surface area contributed by atoms with E-state index in [9.17, 15) is 5.11 Å². The fraction of sp³-hybridized carbons (Fsp3) is 0.538. The number of aryl methyl sites for hydroxylation is 1. The average Bonchev–Trinajstić information content (AvgIpc) is 2.21. The van der Waals surface area contributed by atoms with E-state index < -0.39 is 0 Å². The summed E-state index contributed by atoms with van der Waals surface area (Å²) < 4.78 is 0. The maximum atomic E-state index is 9.76. The Labute approximate surface area is 98.1 Å². The third-order valence-electron chi connectivity index (χ3n) is 2.66. The van der Waals surface area contributed by atoms with Gasteiger partial charge in [0.05, 0.1) is 0 Å². The molecule has 0 amide bonds. The van der Waals surface area contributed by atoms with Gasteiger partial charge >= 0.3 is 0 Å². The number of phenols is 1. The number of nitrogens with zero attached hydrogens (tertiary/aromatic N) is 1. The van der Waals surface area contributed by atoms with Gasteiger partial charge in [-0.2, -0.15) is 0 Å². The van der Waals surface area contributed by atoms with Gasteiger partial charge in [0.2, 0.25) is 0 Å². The number of phenolic OH excluding ortho intramolecular Hbond substituents is 1. The molecule has 3 heteroatoms. The molecule has 1 atom stereocenters. The molecule has 0 aromatic heterocycles. The van der Waals surface area contributed by atoms with Gasteiger partial charge in [-0.1, -0.05) is 17.7 Å². The van der Waals surface area contributed by atoms with Crippen LogP contribution in [0.1, 0.15) is 24.1 Å². The van der Waals surface area contributed by atoms with Crippen LogP contribution in [0.15, 0.2) is 18.2 Å². The van der Waals surface area contributed by atoms with E-state index in [4.69, 9.17) is 0 Å². The van der Waals surface area contributed by atoms with E-state index >= 15 is 0 Å². The van der Waals surface area contributed by atoms with Crippen molar-refractivity contribution in [3.8, 4) is 5.75 Å². The predicted molar refractivity (Wildman–Crippen MR) is 67.8 cm³/mol. The molecule has 1 unspecified atom stereocenters. The van der Waals surface area contributed by atoms with E-state index in [1.807, 2.05) is 19.1 Å². The molecule has 90 valence electrons. The number of hydrogen-bond donors (Lipinski definition) is 2. The fourth-order valence-electron chi connectivity index (χ4n) is 1.64. The normalized spacial score (nSPS) is 13.1. The Bertz CT molecular complexity index is 337. The smallest absolute Gasteiger partial charge is 0.120 e. The number of rotatable bonds is 5. The van der Waals surface area contributed by atoms with Crippen LogP contribution in [0.4, 0.5) is 0 Å². The van der Waals surface area contributed by atoms with Gasteiger partial charge in [0.25, 0.3) is 0 Å². The van der Waals surface area contributed by atoms with Crippen LogP contribution >= 0.6 is 0 Å². The van der Waals surface area contributed by atoms with Crippen LogP contribution in [0.5, 0.6) is 5.75 Å². The molecular weight excluding hydrogens is 200 g/mol. The molecule has 0 saturated carbocycles. The first-order chi connectivity index (χ1) is 7.50. The highest BCUT2D eigenvalue weighted by Crippen LogP contribution is 2.24. The van der Waals surface area contributed by atoms with E-state index in [2.05, 4.69) is 31.2 Å². The number of likely N-dealkylation sites (N-methyl/N-ethyl adjacent to an activating group) is 1. The van der Waals surface area contributed by atoms with E-state index in [1.165, 1.54) is 5.56 Å². The highest BCUT2D eigenvalue weighted by Gasteiger charge is 2.09. The van der Waals surface area contributed by atoms with Gasteiger partial charge < -0.3 is 15.3 Å². The lowest BCUT2D eigenvalue weighted by atomic mass is 10.0. The molecule has 0 aliphatic heterocycles. The monoisotopic (exact) mass is 222 g/mol. The summed E-state index contributed by atoms with van der Waals surface area (Å²) in [5, 5.41) is 13.2. The first kappa shape index (κ1) is 13.0. The van der Waals surface area contributed by atoms with Gasteiger partial charge in [-0.05, 0) is 34.0 Å². The van der Waals surface area contributed by atoms with E-state index in [-0.39, 0.29) is 6.04 Å². The molecule has 0 aliphatic carbocycles. The summed E-state index contributed by atoms with van der Waals surface area (Å²) in [5.74, 6) is 0.371. The lowest BCUT2D eigenvalue weighted by Crippen LogP contribution is -2.28. The quantitative estimate of drug-likeness (QED) is 0.799. The third-order valence-corrected chi connectivity index (χ3v) is 2.66. The largest absolute Gasteiger partial charge is 0.508 e. The first-order valence-electron chi connectivity index (χ1n) is 5.68. The van der Waals surface area contributed by atoms with Crippen molar-refractivity contribution in [2.45, 2.75) is 19.9 Å². The summed E-state index contributed by atoms with van der Waals surface area (Å²) in [5.41, 5.74) is 2.15. The second kappa shape index (κ2) is 5.87. The highest BCUT2D eigenvalue weighted by atomic mass is 16.3. The zero-order valence-corrected chi connectivity index (χ0v) is 10.6. The molecule has 16 heavy (non-hydrogen) atoms. The number of nitrogens with one attached hydrogen (secondary N) is 1. The van der Waals surface area contributed by atoms with Crippen molar-refractivity contribution in [1.82, 2.24) is 10.2 Å². The van der Waals surface area contributed by atoms with Gasteiger partial charge in [-0.3, -0.25) is 0 Å². The maximum absolute atomic E-state index is 9.76. The molecule has 0 radical (unpaired) electrons. The summed E-state index contributed by atoms with van der Waals surface area (Å²) in [6.07, 6.45) is 0. The SMILES string of the molecule is Cc1ccc(O)c(C(C)NCCN(C)C)c1. The van der Waals surface area contributed by atoms with Gasteiger partial charge in [0.15, 0.2) is 0 Å². The van der Waals surface area contributed by atoms with Crippen molar-refractivity contribution in [1.29, 1.82) is 0 Å². The number of hydrogen-bond acceptors (Lipinski definition) is 3. The zero-order valence-electron chi connectivity index (χ0n) is 10.6. The Morgan fingerprint density at radius 1 is 1.38 bits per heavy atom. The highest BCUT2D eigenvalue weighted by molar-refractivity contribution is 5.37. The van der Waals surface area contributed by atoms with E-state index in [0.29, 0.717) is 5.75 Å². The molecule has 2 N–H and O–H groups in total. The van der Waals surface area contributed by atoms with Gasteiger partial charge in [-0.15, -0.1) is 0 Å². The van der Waals surface area contributed by atoms with Crippen LogP contribution in [-0.4, -0.2) is 37.2 Å². The van der Waals surface area contributed by atoms with E-state index in [0.717, 1.165) is 18.7 Å². The van der Waals surface area contributed by atoms with Gasteiger partial charge in [-0.25, -0.2) is 0 Å². The Hall–Kier alpha value is -1.06. The van der Waals surface area contributed by atoms with Crippen molar-refractivity contribution >= 4 is 0 Å². The molecule has 0 saturated heterocycles. The van der Waals surface area contributed by atoms with Crippen molar-refractivity contribution in [2.75, 3.05) is 27.2 Å². The molecule has 0 aliphatic rings.